The summed E-state index contributed by atoms with van der Waals surface area (Å²) in [6, 6.07) is 9.09. The molecule has 5 nitrogen and oxygen atoms in total. The molecule has 3 rings (SSSR count). The van der Waals surface area contributed by atoms with Crippen LogP contribution in [-0.4, -0.2) is 41.6 Å². The van der Waals surface area contributed by atoms with Gasteiger partial charge < -0.3 is 14.4 Å². The second kappa shape index (κ2) is 7.23. The molecule has 0 radical (unpaired) electrons. The molecule has 8 heteroatoms. The first-order valence-corrected chi connectivity index (χ1v) is 7.98. The molecule has 26 heavy (non-hydrogen) atoms. The van der Waals surface area contributed by atoms with Gasteiger partial charge in [0, 0.05) is 12.3 Å². The van der Waals surface area contributed by atoms with Crippen LogP contribution in [0.4, 0.5) is 13.2 Å². The van der Waals surface area contributed by atoms with Gasteiger partial charge >= 0.3 is 6.18 Å². The minimum atomic E-state index is -4.45. The number of carbonyl (C=O) groups excluding carboxylic acids is 1. The van der Waals surface area contributed by atoms with E-state index in [0.717, 1.165) is 23.9 Å². The fraction of sp³-hybridized carbons (Fsp3) is 0.333. The van der Waals surface area contributed by atoms with Gasteiger partial charge in [-0.3, -0.25) is 4.79 Å². The first-order valence-electron chi connectivity index (χ1n) is 7.98. The van der Waals surface area contributed by atoms with Crippen molar-refractivity contribution in [1.82, 2.24) is 9.88 Å². The van der Waals surface area contributed by atoms with E-state index in [-0.39, 0.29) is 37.6 Å². The Bertz CT molecular complexity index is 789. The van der Waals surface area contributed by atoms with Crippen LogP contribution in [0.25, 0.3) is 0 Å². The molecule has 0 spiro atoms. The molecule has 2 aromatic rings. The third kappa shape index (κ3) is 4.44. The maximum atomic E-state index is 12.7. The van der Waals surface area contributed by atoms with E-state index in [1.165, 1.54) is 4.90 Å². The molecule has 0 aliphatic carbocycles. The Hall–Kier alpha value is -2.77. The number of alkyl halides is 3. The van der Waals surface area contributed by atoms with Crippen molar-refractivity contribution in [2.45, 2.75) is 19.2 Å². The minimum absolute atomic E-state index is 0.0992. The molecule has 1 saturated heterocycles. The number of nitrogens with zero attached hydrogens (tertiary/aromatic N) is 2. The predicted molar refractivity (Wildman–Crippen MR) is 86.9 cm³/mol. The minimum Gasteiger partial charge on any atom is -0.484 e. The van der Waals surface area contributed by atoms with Crippen molar-refractivity contribution in [2.24, 2.45) is 0 Å². The second-order valence-corrected chi connectivity index (χ2v) is 6.02. The summed E-state index contributed by atoms with van der Waals surface area (Å²) in [5, 5.41) is 0. The standard InChI is InChI=1S/C18H17F3N2O3/c1-12-3-2-4-14(7-12)25-11-17(24)23-9-15(10-23)26-16-8-13(5-6-22-16)18(19,20)21/h2-8,15H,9-11H2,1H3. The van der Waals surface area contributed by atoms with Crippen molar-refractivity contribution in [3.05, 3.63) is 53.7 Å². The van der Waals surface area contributed by atoms with Crippen LogP contribution in [0.3, 0.4) is 0 Å². The summed E-state index contributed by atoms with van der Waals surface area (Å²) < 4.78 is 48.8. The Balaban J connectivity index is 1.46. The van der Waals surface area contributed by atoms with E-state index in [1.54, 1.807) is 6.07 Å². The summed E-state index contributed by atoms with van der Waals surface area (Å²) in [5.74, 6) is 0.302. The molecule has 0 saturated carbocycles. The zero-order valence-electron chi connectivity index (χ0n) is 14.0. The van der Waals surface area contributed by atoms with Gasteiger partial charge in [-0.25, -0.2) is 4.98 Å². The highest BCUT2D eigenvalue weighted by Gasteiger charge is 2.34. The number of aromatic nitrogens is 1. The van der Waals surface area contributed by atoms with E-state index >= 15 is 0 Å². The number of halogens is 3. The first-order chi connectivity index (χ1) is 12.3. The molecule has 1 aliphatic rings. The molecule has 1 aromatic carbocycles. The maximum absolute atomic E-state index is 12.7. The lowest BCUT2D eigenvalue weighted by molar-refractivity contribution is -0.142. The van der Waals surface area contributed by atoms with Gasteiger partial charge in [0.2, 0.25) is 5.88 Å². The van der Waals surface area contributed by atoms with E-state index in [4.69, 9.17) is 9.47 Å². The van der Waals surface area contributed by atoms with Crippen LogP contribution in [0, 0.1) is 6.92 Å². The van der Waals surface area contributed by atoms with Crippen molar-refractivity contribution in [3.8, 4) is 11.6 Å². The van der Waals surface area contributed by atoms with Crippen molar-refractivity contribution in [1.29, 1.82) is 0 Å². The van der Waals surface area contributed by atoms with Gasteiger partial charge in [0.1, 0.15) is 11.9 Å². The zero-order chi connectivity index (χ0) is 18.7. The lowest BCUT2D eigenvalue weighted by Gasteiger charge is -2.38. The fourth-order valence-electron chi connectivity index (χ4n) is 2.48. The van der Waals surface area contributed by atoms with E-state index in [1.807, 2.05) is 25.1 Å². The molecule has 0 bridgehead atoms. The van der Waals surface area contributed by atoms with Crippen LogP contribution in [0.5, 0.6) is 11.6 Å². The summed E-state index contributed by atoms with van der Waals surface area (Å²) in [6.07, 6.45) is -3.78. The number of amides is 1. The lowest BCUT2D eigenvalue weighted by atomic mass is 10.1. The van der Waals surface area contributed by atoms with Crippen LogP contribution in [-0.2, 0) is 11.0 Å². The van der Waals surface area contributed by atoms with Gasteiger partial charge in [0.15, 0.2) is 6.61 Å². The number of rotatable bonds is 5. The van der Waals surface area contributed by atoms with E-state index in [9.17, 15) is 18.0 Å². The number of aryl methyl sites for hydroxylation is 1. The lowest BCUT2D eigenvalue weighted by Crippen LogP contribution is -2.57. The van der Waals surface area contributed by atoms with Crippen molar-refractivity contribution < 1.29 is 27.4 Å². The summed E-state index contributed by atoms with van der Waals surface area (Å²) in [5.41, 5.74) is 0.210. The van der Waals surface area contributed by atoms with Crippen molar-refractivity contribution >= 4 is 5.91 Å². The van der Waals surface area contributed by atoms with Crippen molar-refractivity contribution in [2.75, 3.05) is 19.7 Å². The average molecular weight is 366 g/mol. The number of carbonyl (C=O) groups is 1. The third-order valence-corrected chi connectivity index (χ3v) is 3.90. The van der Waals surface area contributed by atoms with Crippen LogP contribution in [0.2, 0.25) is 0 Å². The number of hydrogen-bond donors (Lipinski definition) is 0. The van der Waals surface area contributed by atoms with Gasteiger partial charge in [-0.2, -0.15) is 13.2 Å². The molecular weight excluding hydrogens is 349 g/mol. The average Bonchev–Trinajstić information content (AvgIpc) is 2.55. The third-order valence-electron chi connectivity index (χ3n) is 3.90. The number of likely N-dealkylation sites (tertiary alicyclic amines) is 1. The molecule has 2 heterocycles. The molecule has 0 unspecified atom stereocenters. The van der Waals surface area contributed by atoms with Crippen LogP contribution in [0.15, 0.2) is 42.6 Å². The highest BCUT2D eigenvalue weighted by Crippen LogP contribution is 2.31. The van der Waals surface area contributed by atoms with Gasteiger partial charge in [0.05, 0.1) is 18.7 Å². The Morgan fingerprint density at radius 1 is 1.27 bits per heavy atom. The molecule has 0 atom stereocenters. The monoisotopic (exact) mass is 366 g/mol. The van der Waals surface area contributed by atoms with Crippen LogP contribution >= 0.6 is 0 Å². The molecule has 1 aliphatic heterocycles. The number of pyridine rings is 1. The fourth-order valence-corrected chi connectivity index (χ4v) is 2.48. The number of benzene rings is 1. The van der Waals surface area contributed by atoms with Gasteiger partial charge in [-0.1, -0.05) is 12.1 Å². The summed E-state index contributed by atoms with van der Waals surface area (Å²) in [7, 11) is 0. The van der Waals surface area contributed by atoms with Gasteiger partial charge in [-0.05, 0) is 30.7 Å². The molecule has 1 fully saturated rings. The Labute approximate surface area is 148 Å². The Kier molecular flexibility index (Phi) is 5.01. The highest BCUT2D eigenvalue weighted by atomic mass is 19.4. The quantitative estimate of drug-likeness (QED) is 0.816. The summed E-state index contributed by atoms with van der Waals surface area (Å²) >= 11 is 0. The number of hydrogen-bond acceptors (Lipinski definition) is 4. The van der Waals surface area contributed by atoms with E-state index in [0.29, 0.717) is 5.75 Å². The largest absolute Gasteiger partial charge is 0.484 e. The summed E-state index contributed by atoms with van der Waals surface area (Å²) in [6.45, 7) is 2.40. The first kappa shape index (κ1) is 18.0. The Morgan fingerprint density at radius 2 is 2.04 bits per heavy atom. The molecule has 138 valence electrons. The molecule has 0 N–H and O–H groups in total. The van der Waals surface area contributed by atoms with Crippen LogP contribution in [0.1, 0.15) is 11.1 Å². The predicted octanol–water partition coefficient (Wildman–Crippen LogP) is 3.08. The Morgan fingerprint density at radius 3 is 2.73 bits per heavy atom. The maximum Gasteiger partial charge on any atom is 0.416 e. The summed E-state index contributed by atoms with van der Waals surface area (Å²) in [4.78, 5) is 17.3. The topological polar surface area (TPSA) is 51.7 Å². The van der Waals surface area contributed by atoms with Crippen molar-refractivity contribution in [3.63, 3.8) is 0 Å². The smallest absolute Gasteiger partial charge is 0.416 e. The molecule has 1 aromatic heterocycles. The second-order valence-electron chi connectivity index (χ2n) is 6.02. The zero-order valence-corrected chi connectivity index (χ0v) is 14.0. The SMILES string of the molecule is Cc1cccc(OCC(=O)N2CC(Oc3cc(C(F)(F)F)ccn3)C2)c1. The van der Waals surface area contributed by atoms with Gasteiger partial charge in [-0.15, -0.1) is 0 Å². The normalized spacial score (nSPS) is 14.7. The highest BCUT2D eigenvalue weighted by molar-refractivity contribution is 5.78. The van der Waals surface area contributed by atoms with E-state index in [2.05, 4.69) is 4.98 Å². The van der Waals surface area contributed by atoms with Crippen LogP contribution < -0.4 is 9.47 Å². The molecular formula is C18H17F3N2O3. The van der Waals surface area contributed by atoms with E-state index < -0.39 is 11.7 Å². The number of ether oxygens (including phenoxy) is 2. The van der Waals surface area contributed by atoms with Gasteiger partial charge in [0.25, 0.3) is 5.91 Å². The molecule has 1 amide bonds.